The van der Waals surface area contributed by atoms with Crippen molar-refractivity contribution < 1.29 is 13.9 Å². The molecule has 32 heavy (non-hydrogen) atoms. The summed E-state index contributed by atoms with van der Waals surface area (Å²) in [6, 6.07) is 5.07. The van der Waals surface area contributed by atoms with E-state index >= 15 is 0 Å². The van der Waals surface area contributed by atoms with Crippen molar-refractivity contribution in [2.24, 2.45) is 5.92 Å². The molecule has 8 heteroatoms. The van der Waals surface area contributed by atoms with E-state index in [0.29, 0.717) is 19.1 Å². The van der Waals surface area contributed by atoms with E-state index in [0.717, 1.165) is 74.7 Å². The number of ether oxygens (including phenoxy) is 1. The Labute approximate surface area is 193 Å². The molecule has 0 saturated carbocycles. The molecule has 1 aliphatic carbocycles. The Morgan fingerprint density at radius 3 is 2.94 bits per heavy atom. The van der Waals surface area contributed by atoms with E-state index in [1.807, 2.05) is 22.9 Å². The number of carbonyl (C=O) groups is 1. The van der Waals surface area contributed by atoms with Crippen molar-refractivity contribution in [3.63, 3.8) is 0 Å². The van der Waals surface area contributed by atoms with Gasteiger partial charge in [-0.25, -0.2) is 9.37 Å². The summed E-state index contributed by atoms with van der Waals surface area (Å²) in [5.74, 6) is 0.522. The lowest BCUT2D eigenvalue weighted by atomic mass is 9.97. The summed E-state index contributed by atoms with van der Waals surface area (Å²) in [6.45, 7) is 4.32. The highest BCUT2D eigenvalue weighted by atomic mass is 32.1. The monoisotopic (exact) mass is 460 g/mol. The molecule has 174 valence electrons. The number of fused-ring (bicyclic) bond motifs is 3. The van der Waals surface area contributed by atoms with E-state index in [4.69, 9.17) is 9.72 Å². The topological polar surface area (TPSA) is 57.7 Å². The van der Waals surface area contributed by atoms with E-state index in [2.05, 4.69) is 5.32 Å². The third-order valence-corrected chi connectivity index (χ3v) is 7.54. The lowest BCUT2D eigenvalue weighted by Gasteiger charge is -2.33. The van der Waals surface area contributed by atoms with Crippen LogP contribution in [0, 0.1) is 11.7 Å². The molecule has 2 heterocycles. The summed E-state index contributed by atoms with van der Waals surface area (Å²) in [7, 11) is 3.63. The summed E-state index contributed by atoms with van der Waals surface area (Å²) >= 11 is 1.70. The zero-order valence-corrected chi connectivity index (χ0v) is 19.8. The zero-order chi connectivity index (χ0) is 22.5. The largest absolute Gasteiger partial charge is 0.383 e. The summed E-state index contributed by atoms with van der Waals surface area (Å²) in [5.41, 5.74) is 3.08. The first-order valence-electron chi connectivity index (χ1n) is 11.5. The van der Waals surface area contributed by atoms with Gasteiger partial charge in [0, 0.05) is 43.7 Å². The molecule has 0 unspecified atom stereocenters. The van der Waals surface area contributed by atoms with Crippen LogP contribution in [0.5, 0.6) is 0 Å². The van der Waals surface area contributed by atoms with Crippen LogP contribution in [-0.4, -0.2) is 74.2 Å². The van der Waals surface area contributed by atoms with E-state index in [1.54, 1.807) is 30.6 Å². The Balaban J connectivity index is 1.28. The number of thiazole rings is 1. The van der Waals surface area contributed by atoms with Crippen LogP contribution in [0.3, 0.4) is 0 Å². The van der Waals surface area contributed by atoms with Gasteiger partial charge in [0.25, 0.3) is 0 Å². The number of nitrogens with one attached hydrogen (secondary N) is 1. The average Bonchev–Trinajstić information content (AvgIpc) is 3.13. The van der Waals surface area contributed by atoms with Crippen molar-refractivity contribution in [2.75, 3.05) is 58.8 Å². The molecule has 1 aromatic heterocycles. The third kappa shape index (κ3) is 5.66. The zero-order valence-electron chi connectivity index (χ0n) is 19.0. The second-order valence-corrected chi connectivity index (χ2v) is 9.97. The molecule has 4 rings (SSSR count). The minimum atomic E-state index is -0.203. The van der Waals surface area contributed by atoms with Gasteiger partial charge in [0.2, 0.25) is 5.91 Å². The highest BCUT2D eigenvalue weighted by molar-refractivity contribution is 7.16. The molecule has 1 aromatic carbocycles. The first kappa shape index (κ1) is 23.1. The highest BCUT2D eigenvalue weighted by Crippen LogP contribution is 2.37. The third-order valence-electron chi connectivity index (χ3n) is 6.47. The number of benzene rings is 1. The summed E-state index contributed by atoms with van der Waals surface area (Å²) in [6.07, 6.45) is 5.03. The first-order valence-corrected chi connectivity index (χ1v) is 12.3. The molecule has 1 amide bonds. The van der Waals surface area contributed by atoms with Crippen LogP contribution in [0.4, 0.5) is 9.52 Å². The first-order chi connectivity index (χ1) is 15.5. The summed E-state index contributed by atoms with van der Waals surface area (Å²) in [5, 5.41) is 4.45. The number of nitrogens with zero attached hydrogens (tertiary/aromatic N) is 3. The maximum atomic E-state index is 13.9. The minimum absolute atomic E-state index is 0.199. The van der Waals surface area contributed by atoms with Gasteiger partial charge in [-0.15, -0.1) is 11.3 Å². The number of aryl methyl sites for hydroxylation is 2. The minimum Gasteiger partial charge on any atom is -0.383 e. The number of carbonyl (C=O) groups excluding carboxylic acids is 1. The number of halogens is 1. The molecule has 2 aliphatic rings. The van der Waals surface area contributed by atoms with Gasteiger partial charge in [0.15, 0.2) is 5.13 Å². The van der Waals surface area contributed by atoms with Gasteiger partial charge >= 0.3 is 0 Å². The number of piperidine rings is 1. The van der Waals surface area contributed by atoms with E-state index in [-0.39, 0.29) is 11.7 Å². The molecule has 0 bridgehead atoms. The van der Waals surface area contributed by atoms with Crippen LogP contribution in [0.1, 0.15) is 29.7 Å². The number of likely N-dealkylation sites (N-methyl/N-ethyl adjacent to an activating group) is 1. The quantitative estimate of drug-likeness (QED) is 0.652. The number of methoxy groups -OCH3 is 1. The second kappa shape index (κ2) is 10.7. The fourth-order valence-corrected chi connectivity index (χ4v) is 5.53. The van der Waals surface area contributed by atoms with Crippen LogP contribution in [-0.2, 0) is 22.4 Å². The predicted molar refractivity (Wildman–Crippen MR) is 127 cm³/mol. The lowest BCUT2D eigenvalue weighted by molar-refractivity contribution is -0.133. The van der Waals surface area contributed by atoms with Crippen molar-refractivity contribution >= 4 is 22.4 Å². The van der Waals surface area contributed by atoms with Gasteiger partial charge < -0.3 is 15.0 Å². The fraction of sp³-hybridized carbons (Fsp3) is 0.583. The Morgan fingerprint density at radius 2 is 2.16 bits per heavy atom. The van der Waals surface area contributed by atoms with Gasteiger partial charge in [-0.2, -0.15) is 0 Å². The van der Waals surface area contributed by atoms with E-state index in [9.17, 15) is 9.18 Å². The molecule has 1 saturated heterocycles. The normalized spacial score (nSPS) is 16.6. The van der Waals surface area contributed by atoms with E-state index in [1.165, 1.54) is 10.4 Å². The van der Waals surface area contributed by atoms with Crippen molar-refractivity contribution in [1.82, 2.24) is 14.8 Å². The lowest BCUT2D eigenvalue weighted by Crippen LogP contribution is -2.44. The standard InChI is InChI=1S/C24H33FN4O2S/c1-28(12-13-31-2)16-22(30)29-10-8-17(9-11-29)15-26-24-27-23-20-14-19(25)7-6-18(20)4-3-5-21(23)32-24/h6-7,14,17H,3-5,8-13,15-16H2,1-2H3,(H,26,27). The number of likely N-dealkylation sites (tertiary alicyclic amines) is 1. The molecule has 0 spiro atoms. The van der Waals surface area contributed by atoms with Crippen LogP contribution >= 0.6 is 11.3 Å². The smallest absolute Gasteiger partial charge is 0.236 e. The van der Waals surface area contributed by atoms with Crippen LogP contribution in [0.2, 0.25) is 0 Å². The van der Waals surface area contributed by atoms with Gasteiger partial charge in [0.1, 0.15) is 5.82 Å². The van der Waals surface area contributed by atoms with Crippen LogP contribution in [0.25, 0.3) is 11.3 Å². The Kier molecular flexibility index (Phi) is 7.75. The van der Waals surface area contributed by atoms with Crippen molar-refractivity contribution in [3.05, 3.63) is 34.5 Å². The molecule has 1 aliphatic heterocycles. The molecule has 1 fully saturated rings. The Hall–Kier alpha value is -2.03. The average molecular weight is 461 g/mol. The highest BCUT2D eigenvalue weighted by Gasteiger charge is 2.24. The van der Waals surface area contributed by atoms with Gasteiger partial charge in [0.05, 0.1) is 18.8 Å². The van der Waals surface area contributed by atoms with Crippen LogP contribution in [0.15, 0.2) is 18.2 Å². The number of aromatic nitrogens is 1. The molecule has 6 nitrogen and oxygen atoms in total. The molecule has 1 N–H and O–H groups in total. The van der Waals surface area contributed by atoms with Crippen molar-refractivity contribution in [2.45, 2.75) is 32.1 Å². The molecular formula is C24H33FN4O2S. The van der Waals surface area contributed by atoms with Crippen LogP contribution < -0.4 is 5.32 Å². The number of amides is 1. The maximum absolute atomic E-state index is 13.9. The Morgan fingerprint density at radius 1 is 1.34 bits per heavy atom. The fourth-order valence-electron chi connectivity index (χ4n) is 4.51. The summed E-state index contributed by atoms with van der Waals surface area (Å²) in [4.78, 5) is 22.6. The molecular weight excluding hydrogens is 427 g/mol. The van der Waals surface area contributed by atoms with Crippen molar-refractivity contribution in [1.29, 1.82) is 0 Å². The van der Waals surface area contributed by atoms with Gasteiger partial charge in [-0.05, 0) is 62.8 Å². The maximum Gasteiger partial charge on any atom is 0.236 e. The predicted octanol–water partition coefficient (Wildman–Crippen LogP) is 3.67. The molecule has 2 aromatic rings. The van der Waals surface area contributed by atoms with Gasteiger partial charge in [-0.3, -0.25) is 9.69 Å². The number of hydrogen-bond donors (Lipinski definition) is 1. The number of hydrogen-bond acceptors (Lipinski definition) is 6. The second-order valence-electron chi connectivity index (χ2n) is 8.88. The van der Waals surface area contributed by atoms with Gasteiger partial charge in [-0.1, -0.05) is 6.07 Å². The van der Waals surface area contributed by atoms with E-state index < -0.39 is 0 Å². The number of anilines is 1. The summed E-state index contributed by atoms with van der Waals surface area (Å²) < 4.78 is 18.9. The SMILES string of the molecule is COCCN(C)CC(=O)N1CCC(CNc2nc3c(s2)CCCc2ccc(F)cc2-3)CC1. The Bertz CT molecular complexity index is 927. The van der Waals surface area contributed by atoms with Crippen molar-refractivity contribution in [3.8, 4) is 11.3 Å². The molecule has 0 radical (unpaired) electrons. The number of rotatable bonds is 8. The molecule has 0 atom stereocenters.